The van der Waals surface area contributed by atoms with E-state index in [1.54, 1.807) is 12.3 Å². The molecule has 0 amide bonds. The topological polar surface area (TPSA) is 70.3 Å². The normalized spacial score (nSPS) is 18.3. The molecule has 1 aliphatic rings. The van der Waals surface area contributed by atoms with Crippen molar-refractivity contribution >= 4 is 0 Å². The van der Waals surface area contributed by atoms with Crippen LogP contribution in [0.25, 0.3) is 0 Å². The van der Waals surface area contributed by atoms with Crippen LogP contribution in [0.3, 0.4) is 0 Å². The first-order valence-corrected chi connectivity index (χ1v) is 7.59. The van der Waals surface area contributed by atoms with Gasteiger partial charge in [-0.3, -0.25) is 0 Å². The van der Waals surface area contributed by atoms with E-state index in [-0.39, 0.29) is 5.54 Å². The lowest BCUT2D eigenvalue weighted by atomic mass is 9.93. The molecular weight excluding hydrogens is 254 g/mol. The van der Waals surface area contributed by atoms with Gasteiger partial charge in [-0.2, -0.15) is 4.98 Å². The largest absolute Gasteiger partial charge is 0.478 e. The Labute approximate surface area is 120 Å². The number of nitrogens with two attached hydrogens (primary N) is 1. The van der Waals surface area contributed by atoms with Gasteiger partial charge in [-0.1, -0.05) is 32.6 Å². The van der Waals surface area contributed by atoms with Crippen LogP contribution in [0.15, 0.2) is 12.3 Å². The van der Waals surface area contributed by atoms with E-state index in [9.17, 15) is 0 Å². The monoisotopic (exact) mass is 279 g/mol. The van der Waals surface area contributed by atoms with Crippen molar-refractivity contribution in [1.82, 2.24) is 9.97 Å². The summed E-state index contributed by atoms with van der Waals surface area (Å²) in [7, 11) is 0. The summed E-state index contributed by atoms with van der Waals surface area (Å²) >= 11 is 0. The molecule has 20 heavy (non-hydrogen) atoms. The third kappa shape index (κ3) is 4.63. The molecule has 1 aliphatic carbocycles. The Morgan fingerprint density at radius 3 is 2.65 bits per heavy atom. The Kier molecular flexibility index (Phi) is 5.59. The number of hydrogen-bond donors (Lipinski definition) is 1. The van der Waals surface area contributed by atoms with Gasteiger partial charge in [0.05, 0.1) is 12.1 Å². The zero-order valence-corrected chi connectivity index (χ0v) is 12.3. The highest BCUT2D eigenvalue weighted by Gasteiger charge is 2.27. The molecule has 5 nitrogen and oxygen atoms in total. The van der Waals surface area contributed by atoms with Crippen LogP contribution in [0.1, 0.15) is 51.9 Å². The van der Waals surface area contributed by atoms with E-state index < -0.39 is 0 Å². The summed E-state index contributed by atoms with van der Waals surface area (Å²) in [6.45, 7) is 3.18. The van der Waals surface area contributed by atoms with Crippen LogP contribution in [-0.2, 0) is 0 Å². The van der Waals surface area contributed by atoms with E-state index in [2.05, 4.69) is 16.9 Å². The molecule has 112 valence electrons. The minimum Gasteiger partial charge on any atom is -0.478 e. The van der Waals surface area contributed by atoms with Crippen molar-refractivity contribution in [2.24, 2.45) is 5.73 Å². The molecule has 1 fully saturated rings. The van der Waals surface area contributed by atoms with Crippen molar-refractivity contribution < 1.29 is 9.47 Å². The SMILES string of the molecule is CCCOc1ccnc(OCC2(N)CCCCCC2)n1. The van der Waals surface area contributed by atoms with Crippen LogP contribution < -0.4 is 15.2 Å². The lowest BCUT2D eigenvalue weighted by Crippen LogP contribution is -2.45. The van der Waals surface area contributed by atoms with Gasteiger partial charge in [-0.15, -0.1) is 0 Å². The maximum Gasteiger partial charge on any atom is 0.319 e. The molecule has 0 saturated heterocycles. The summed E-state index contributed by atoms with van der Waals surface area (Å²) in [6.07, 6.45) is 9.54. The van der Waals surface area contributed by atoms with E-state index in [0.29, 0.717) is 25.1 Å². The number of rotatable bonds is 6. The fourth-order valence-electron chi connectivity index (χ4n) is 2.47. The highest BCUT2D eigenvalue weighted by Crippen LogP contribution is 2.25. The molecule has 0 unspecified atom stereocenters. The molecule has 0 radical (unpaired) electrons. The molecule has 2 N–H and O–H groups in total. The smallest absolute Gasteiger partial charge is 0.319 e. The van der Waals surface area contributed by atoms with Gasteiger partial charge in [-0.25, -0.2) is 4.98 Å². The van der Waals surface area contributed by atoms with E-state index in [1.807, 2.05) is 0 Å². The quantitative estimate of drug-likeness (QED) is 0.811. The van der Waals surface area contributed by atoms with E-state index in [4.69, 9.17) is 15.2 Å². The van der Waals surface area contributed by atoms with E-state index >= 15 is 0 Å². The summed E-state index contributed by atoms with van der Waals surface area (Å²) in [5.74, 6) is 0.559. The molecule has 1 aromatic rings. The van der Waals surface area contributed by atoms with Crippen LogP contribution in [0.2, 0.25) is 0 Å². The van der Waals surface area contributed by atoms with Crippen molar-refractivity contribution in [1.29, 1.82) is 0 Å². The number of ether oxygens (including phenoxy) is 2. The van der Waals surface area contributed by atoms with Gasteiger partial charge in [0.2, 0.25) is 5.88 Å². The third-order valence-corrected chi connectivity index (χ3v) is 3.65. The van der Waals surface area contributed by atoms with Crippen molar-refractivity contribution in [2.75, 3.05) is 13.2 Å². The maximum absolute atomic E-state index is 6.41. The summed E-state index contributed by atoms with van der Waals surface area (Å²) in [4.78, 5) is 8.36. The highest BCUT2D eigenvalue weighted by atomic mass is 16.5. The van der Waals surface area contributed by atoms with Gasteiger partial charge in [-0.05, 0) is 19.3 Å². The Morgan fingerprint density at radius 2 is 1.95 bits per heavy atom. The first-order valence-electron chi connectivity index (χ1n) is 7.59. The molecule has 2 rings (SSSR count). The average Bonchev–Trinajstić information content (AvgIpc) is 2.69. The second kappa shape index (κ2) is 7.43. The summed E-state index contributed by atoms with van der Waals surface area (Å²) in [5.41, 5.74) is 6.18. The zero-order chi connectivity index (χ0) is 14.3. The van der Waals surface area contributed by atoms with E-state index in [0.717, 1.165) is 19.3 Å². The van der Waals surface area contributed by atoms with E-state index in [1.165, 1.54) is 25.7 Å². The first-order chi connectivity index (χ1) is 9.72. The predicted molar refractivity (Wildman–Crippen MR) is 77.9 cm³/mol. The Bertz CT molecular complexity index is 404. The Balaban J connectivity index is 1.89. The Hall–Kier alpha value is -1.36. The number of hydrogen-bond acceptors (Lipinski definition) is 5. The molecule has 0 atom stereocenters. The molecule has 0 spiro atoms. The molecular formula is C15H25N3O2. The van der Waals surface area contributed by atoms with Crippen molar-refractivity contribution in [3.63, 3.8) is 0 Å². The second-order valence-electron chi connectivity index (χ2n) is 5.59. The minimum absolute atomic E-state index is 0.236. The Morgan fingerprint density at radius 1 is 1.20 bits per heavy atom. The molecule has 5 heteroatoms. The standard InChI is InChI=1S/C15H25N3O2/c1-2-11-19-13-7-10-17-14(18-13)20-12-15(16)8-5-3-4-6-9-15/h7,10H,2-6,8-9,11-12,16H2,1H3. The molecule has 0 aromatic carbocycles. The minimum atomic E-state index is -0.236. The second-order valence-corrected chi connectivity index (χ2v) is 5.59. The third-order valence-electron chi connectivity index (χ3n) is 3.65. The van der Waals surface area contributed by atoms with Gasteiger partial charge in [0.15, 0.2) is 0 Å². The van der Waals surface area contributed by atoms with Gasteiger partial charge in [0, 0.05) is 12.3 Å². The molecule has 1 heterocycles. The van der Waals surface area contributed by atoms with Gasteiger partial charge >= 0.3 is 6.01 Å². The first kappa shape index (κ1) is 15.0. The average molecular weight is 279 g/mol. The predicted octanol–water partition coefficient (Wildman–Crippen LogP) is 2.70. The fraction of sp³-hybridized carbons (Fsp3) is 0.733. The number of nitrogens with zero attached hydrogens (tertiary/aromatic N) is 2. The molecule has 0 bridgehead atoms. The fourth-order valence-corrected chi connectivity index (χ4v) is 2.47. The van der Waals surface area contributed by atoms with Crippen LogP contribution in [0.4, 0.5) is 0 Å². The molecule has 0 aliphatic heterocycles. The van der Waals surface area contributed by atoms with Crippen molar-refractivity contribution in [2.45, 2.75) is 57.4 Å². The van der Waals surface area contributed by atoms with Crippen molar-refractivity contribution in [3.8, 4) is 11.9 Å². The summed E-state index contributed by atoms with van der Waals surface area (Å²) in [6, 6.07) is 2.10. The highest BCUT2D eigenvalue weighted by molar-refractivity contribution is 5.11. The molecule has 1 aromatic heterocycles. The lowest BCUT2D eigenvalue weighted by molar-refractivity contribution is 0.184. The van der Waals surface area contributed by atoms with Crippen molar-refractivity contribution in [3.05, 3.63) is 12.3 Å². The van der Waals surface area contributed by atoms with Crippen LogP contribution in [0, 0.1) is 0 Å². The number of aromatic nitrogens is 2. The zero-order valence-electron chi connectivity index (χ0n) is 12.3. The molecule has 1 saturated carbocycles. The lowest BCUT2D eigenvalue weighted by Gasteiger charge is -2.27. The summed E-state index contributed by atoms with van der Waals surface area (Å²) < 4.78 is 11.2. The van der Waals surface area contributed by atoms with Gasteiger partial charge in [0.1, 0.15) is 6.61 Å². The summed E-state index contributed by atoms with van der Waals surface area (Å²) in [5, 5.41) is 0. The van der Waals surface area contributed by atoms with Crippen LogP contribution in [0.5, 0.6) is 11.9 Å². The maximum atomic E-state index is 6.41. The van der Waals surface area contributed by atoms with Gasteiger partial charge < -0.3 is 15.2 Å². The van der Waals surface area contributed by atoms with Crippen LogP contribution >= 0.6 is 0 Å². The van der Waals surface area contributed by atoms with Gasteiger partial charge in [0.25, 0.3) is 0 Å². The van der Waals surface area contributed by atoms with Crippen LogP contribution in [-0.4, -0.2) is 28.7 Å².